The average Bonchev–Trinajstić information content (AvgIpc) is 2.00. The van der Waals surface area contributed by atoms with E-state index < -0.39 is 11.9 Å². The topological polar surface area (TPSA) is 63.6 Å². The molecule has 0 rings (SSSR count). The molecule has 0 fully saturated rings. The van der Waals surface area contributed by atoms with E-state index in [1.54, 1.807) is 0 Å². The average molecular weight is 198 g/mol. The van der Waals surface area contributed by atoms with Gasteiger partial charge in [0.2, 0.25) is 0 Å². The molecule has 12 heavy (non-hydrogen) atoms. The van der Waals surface area contributed by atoms with E-state index in [0.717, 1.165) is 0 Å². The number of ether oxygens (including phenoxy) is 1. The number of aliphatic carboxylic acids is 1. The molecule has 0 radical (unpaired) electrons. The van der Waals surface area contributed by atoms with E-state index in [4.69, 9.17) is 5.11 Å². The minimum absolute atomic E-state index is 0. The first kappa shape index (κ1) is 14.8. The van der Waals surface area contributed by atoms with Gasteiger partial charge in [-0.25, -0.2) is 9.59 Å². The first-order valence-electron chi connectivity index (χ1n) is 2.99. The van der Waals surface area contributed by atoms with Crippen molar-refractivity contribution < 1.29 is 19.4 Å². The zero-order valence-corrected chi connectivity index (χ0v) is 6.67. The summed E-state index contributed by atoms with van der Waals surface area (Å²) >= 11 is 0. The van der Waals surface area contributed by atoms with Gasteiger partial charge in [0.05, 0.1) is 7.11 Å². The van der Waals surface area contributed by atoms with E-state index in [1.165, 1.54) is 21.0 Å². The molecule has 0 saturated heterocycles. The summed E-state index contributed by atoms with van der Waals surface area (Å²) in [5.74, 6) is -1.71. The number of rotatable bonds is 2. The molecule has 0 aliphatic heterocycles. The van der Waals surface area contributed by atoms with Crippen LogP contribution in [0, 0.1) is 0 Å². The molecule has 0 bridgehead atoms. The standard InChI is InChI=1S/C7H10O4.K.H/c1-4(6(8)9)5(2)7(10)11-3;;/h1-3H3,(H,8,9);;/b5-4-;;. The fraction of sp³-hybridized carbons (Fsp3) is 0.429. The van der Waals surface area contributed by atoms with Crippen molar-refractivity contribution in [2.75, 3.05) is 7.11 Å². The van der Waals surface area contributed by atoms with Crippen LogP contribution in [0.4, 0.5) is 0 Å². The van der Waals surface area contributed by atoms with Gasteiger partial charge in [-0.15, -0.1) is 0 Å². The summed E-state index contributed by atoms with van der Waals surface area (Å²) in [5, 5.41) is 8.43. The molecule has 0 aliphatic rings. The van der Waals surface area contributed by atoms with Gasteiger partial charge in [-0.3, -0.25) is 0 Å². The van der Waals surface area contributed by atoms with Gasteiger partial charge < -0.3 is 9.84 Å². The normalized spacial score (nSPS) is 10.9. The van der Waals surface area contributed by atoms with Crippen LogP contribution in [0.5, 0.6) is 0 Å². The maximum absolute atomic E-state index is 10.7. The van der Waals surface area contributed by atoms with Crippen LogP contribution in [0.15, 0.2) is 11.1 Å². The van der Waals surface area contributed by atoms with Gasteiger partial charge in [0.25, 0.3) is 0 Å². The van der Waals surface area contributed by atoms with Crippen molar-refractivity contribution in [1.82, 2.24) is 0 Å². The van der Waals surface area contributed by atoms with Crippen LogP contribution < -0.4 is 0 Å². The molecule has 0 unspecified atom stereocenters. The Kier molecular flexibility index (Phi) is 8.39. The molecule has 5 heteroatoms. The Morgan fingerprint density at radius 2 is 1.58 bits per heavy atom. The summed E-state index contributed by atoms with van der Waals surface area (Å²) in [4.78, 5) is 21.0. The molecule has 64 valence electrons. The Morgan fingerprint density at radius 1 is 1.17 bits per heavy atom. The first-order valence-corrected chi connectivity index (χ1v) is 2.99. The number of carbonyl (C=O) groups is 2. The summed E-state index contributed by atoms with van der Waals surface area (Å²) in [6.07, 6.45) is 0. The van der Waals surface area contributed by atoms with E-state index >= 15 is 0 Å². The third kappa shape index (κ3) is 4.37. The van der Waals surface area contributed by atoms with Crippen molar-refractivity contribution in [3.8, 4) is 0 Å². The van der Waals surface area contributed by atoms with Gasteiger partial charge in [0.15, 0.2) is 0 Å². The Hall–Kier alpha value is 0.316. The number of esters is 1. The van der Waals surface area contributed by atoms with Crippen LogP contribution >= 0.6 is 0 Å². The molecule has 0 saturated carbocycles. The third-order valence-electron chi connectivity index (χ3n) is 1.37. The second kappa shape index (κ2) is 6.79. The second-order valence-electron chi connectivity index (χ2n) is 2.05. The zero-order chi connectivity index (χ0) is 9.02. The number of methoxy groups -OCH3 is 1. The molecule has 4 nitrogen and oxygen atoms in total. The Morgan fingerprint density at radius 3 is 1.83 bits per heavy atom. The van der Waals surface area contributed by atoms with Gasteiger partial charge in [0, 0.05) is 11.1 Å². The van der Waals surface area contributed by atoms with Crippen molar-refractivity contribution in [3.05, 3.63) is 11.1 Å². The SMILES string of the molecule is COC(=O)/C(C)=C(/C)C(=O)O.[KH]. The van der Waals surface area contributed by atoms with E-state index in [1.807, 2.05) is 0 Å². The maximum atomic E-state index is 10.7. The molecule has 0 amide bonds. The molecule has 0 aromatic heterocycles. The molecule has 1 N–H and O–H groups in total. The summed E-state index contributed by atoms with van der Waals surface area (Å²) in [5.41, 5.74) is 0.136. The van der Waals surface area contributed by atoms with Crippen molar-refractivity contribution in [2.45, 2.75) is 13.8 Å². The van der Waals surface area contributed by atoms with Crippen LogP contribution in [0.25, 0.3) is 0 Å². The fourth-order valence-corrected chi connectivity index (χ4v) is 0.467. The number of carboxylic acid groups (broad SMARTS) is 1. The Bertz CT molecular complexity index is 219. The van der Waals surface area contributed by atoms with Crippen molar-refractivity contribution >= 4 is 63.3 Å². The van der Waals surface area contributed by atoms with Crippen molar-refractivity contribution in [3.63, 3.8) is 0 Å². The van der Waals surface area contributed by atoms with E-state index in [0.29, 0.717) is 0 Å². The Labute approximate surface area is 113 Å². The quantitative estimate of drug-likeness (QED) is 0.383. The molecule has 0 atom stereocenters. The van der Waals surface area contributed by atoms with Crippen LogP contribution in [0.3, 0.4) is 0 Å². The zero-order valence-electron chi connectivity index (χ0n) is 6.67. The predicted molar refractivity (Wildman–Crippen MR) is 45.2 cm³/mol. The van der Waals surface area contributed by atoms with Gasteiger partial charge in [-0.2, -0.15) is 0 Å². The van der Waals surface area contributed by atoms with Crippen molar-refractivity contribution in [2.24, 2.45) is 0 Å². The van der Waals surface area contributed by atoms with Gasteiger partial charge in [-0.1, -0.05) is 0 Å². The predicted octanol–water partition coefficient (Wildman–Crippen LogP) is -0.0681. The monoisotopic (exact) mass is 198 g/mol. The molecular weight excluding hydrogens is 187 g/mol. The van der Waals surface area contributed by atoms with Crippen LogP contribution in [0.1, 0.15) is 13.8 Å². The van der Waals surface area contributed by atoms with E-state index in [-0.39, 0.29) is 62.5 Å². The summed E-state index contributed by atoms with van der Waals surface area (Å²) in [7, 11) is 1.21. The van der Waals surface area contributed by atoms with Crippen LogP contribution in [-0.2, 0) is 14.3 Å². The summed E-state index contributed by atoms with van der Waals surface area (Å²) < 4.78 is 4.32. The first-order chi connectivity index (χ1) is 5.00. The van der Waals surface area contributed by atoms with E-state index in [2.05, 4.69) is 4.74 Å². The molecule has 0 aliphatic carbocycles. The van der Waals surface area contributed by atoms with Gasteiger partial charge in [-0.05, 0) is 13.8 Å². The van der Waals surface area contributed by atoms with Gasteiger partial charge >= 0.3 is 63.3 Å². The minimum atomic E-state index is -1.10. The summed E-state index contributed by atoms with van der Waals surface area (Å²) in [6.45, 7) is 2.77. The molecular formula is C7H11KO4. The van der Waals surface area contributed by atoms with Gasteiger partial charge in [0.1, 0.15) is 0 Å². The van der Waals surface area contributed by atoms with Crippen molar-refractivity contribution in [1.29, 1.82) is 0 Å². The molecule has 0 aromatic rings. The van der Waals surface area contributed by atoms with Crippen LogP contribution in [0.2, 0.25) is 0 Å². The molecule has 0 aromatic carbocycles. The molecule has 0 spiro atoms. The number of hydrogen-bond donors (Lipinski definition) is 1. The number of carboxylic acids is 1. The summed E-state index contributed by atoms with van der Waals surface area (Å²) in [6, 6.07) is 0. The third-order valence-corrected chi connectivity index (χ3v) is 1.37. The fourth-order valence-electron chi connectivity index (χ4n) is 0.467. The van der Waals surface area contributed by atoms with E-state index in [9.17, 15) is 9.59 Å². The van der Waals surface area contributed by atoms with Crippen LogP contribution in [-0.4, -0.2) is 75.5 Å². The number of hydrogen-bond acceptors (Lipinski definition) is 3. The number of carbonyl (C=O) groups excluding carboxylic acids is 1. The second-order valence-corrected chi connectivity index (χ2v) is 2.05. The Balaban J connectivity index is 0. The molecule has 0 heterocycles.